The molecule has 0 N–H and O–H groups in total. The average molecular weight is 431 g/mol. The third-order valence-corrected chi connectivity index (χ3v) is 5.56. The van der Waals surface area contributed by atoms with Crippen LogP contribution in [-0.2, 0) is 18.7 Å². The lowest BCUT2D eigenvalue weighted by molar-refractivity contribution is 0.384. The number of aromatic nitrogens is 4. The van der Waals surface area contributed by atoms with Gasteiger partial charge in [0.1, 0.15) is 5.76 Å². The van der Waals surface area contributed by atoms with Gasteiger partial charge in [-0.2, -0.15) is 4.98 Å². The van der Waals surface area contributed by atoms with E-state index in [-0.39, 0.29) is 12.1 Å². The Morgan fingerprint density at radius 2 is 2.14 bits per heavy atom. The summed E-state index contributed by atoms with van der Waals surface area (Å²) >= 11 is 7.46. The summed E-state index contributed by atoms with van der Waals surface area (Å²) in [5.41, 5.74) is 0.398. The molecule has 4 aromatic rings. The molecule has 3 heterocycles. The summed E-state index contributed by atoms with van der Waals surface area (Å²) in [5.74, 6) is 2.29. The van der Waals surface area contributed by atoms with Gasteiger partial charge in [0.25, 0.3) is 5.56 Å². The first-order chi connectivity index (χ1) is 14.1. The van der Waals surface area contributed by atoms with Crippen molar-refractivity contribution in [3.05, 3.63) is 69.4 Å². The van der Waals surface area contributed by atoms with Crippen molar-refractivity contribution in [1.82, 2.24) is 19.7 Å². The molecule has 0 bridgehead atoms. The summed E-state index contributed by atoms with van der Waals surface area (Å²) in [7, 11) is 0. The first-order valence-corrected chi connectivity index (χ1v) is 10.7. The number of furan rings is 1. The summed E-state index contributed by atoms with van der Waals surface area (Å²) in [4.78, 5) is 22.2. The van der Waals surface area contributed by atoms with E-state index in [1.54, 1.807) is 35.1 Å². The molecular formula is C20H19ClN4O3S. The largest absolute Gasteiger partial charge is 0.467 e. The molecule has 0 aliphatic rings. The molecule has 0 spiro atoms. The molecule has 0 saturated carbocycles. The highest BCUT2D eigenvalue weighted by Crippen LogP contribution is 2.24. The fraction of sp³-hybridized carbons (Fsp3) is 0.300. The second-order valence-electron chi connectivity index (χ2n) is 6.52. The van der Waals surface area contributed by atoms with Gasteiger partial charge in [0.15, 0.2) is 11.0 Å². The standard InChI is InChI=1S/C20H19ClN4O3S/c1-2-3-6-17-23-18(28-24-17)12-29-20-22-16-10-13(21)7-8-15(16)19(26)25(20)11-14-5-4-9-27-14/h4-5,7-10H,2-3,6,11-12H2,1H3. The van der Waals surface area contributed by atoms with E-state index in [2.05, 4.69) is 22.0 Å². The molecule has 0 aliphatic carbocycles. The van der Waals surface area contributed by atoms with Crippen molar-refractivity contribution in [2.45, 2.75) is 43.6 Å². The van der Waals surface area contributed by atoms with Crippen molar-refractivity contribution >= 4 is 34.3 Å². The number of rotatable bonds is 8. The minimum Gasteiger partial charge on any atom is -0.467 e. The Hall–Kier alpha value is -2.58. The van der Waals surface area contributed by atoms with E-state index in [1.165, 1.54) is 11.8 Å². The third-order valence-electron chi connectivity index (χ3n) is 4.37. The number of fused-ring (bicyclic) bond motifs is 1. The predicted octanol–water partition coefficient (Wildman–Crippen LogP) is 4.71. The summed E-state index contributed by atoms with van der Waals surface area (Å²) in [6, 6.07) is 8.68. The van der Waals surface area contributed by atoms with Crippen molar-refractivity contribution in [3.63, 3.8) is 0 Å². The fourth-order valence-corrected chi connectivity index (χ4v) is 3.90. The summed E-state index contributed by atoms with van der Waals surface area (Å²) in [6.07, 6.45) is 4.46. The Kier molecular flexibility index (Phi) is 6.01. The Bertz CT molecular complexity index is 1170. The number of nitrogens with zero attached hydrogens (tertiary/aromatic N) is 4. The fourth-order valence-electron chi connectivity index (χ4n) is 2.89. The van der Waals surface area contributed by atoms with Crippen LogP contribution in [0.4, 0.5) is 0 Å². The van der Waals surface area contributed by atoms with Crippen LogP contribution in [0.1, 0.15) is 37.2 Å². The Balaban J connectivity index is 1.65. The molecule has 3 aromatic heterocycles. The SMILES string of the molecule is CCCCc1noc(CSc2nc3cc(Cl)ccc3c(=O)n2Cc2ccco2)n1. The van der Waals surface area contributed by atoms with E-state index in [0.29, 0.717) is 44.3 Å². The second-order valence-corrected chi connectivity index (χ2v) is 7.90. The molecular weight excluding hydrogens is 412 g/mol. The lowest BCUT2D eigenvalue weighted by Crippen LogP contribution is -2.23. The second kappa shape index (κ2) is 8.84. The van der Waals surface area contributed by atoms with Gasteiger partial charge in [0.2, 0.25) is 5.89 Å². The predicted molar refractivity (Wildman–Crippen MR) is 111 cm³/mol. The van der Waals surface area contributed by atoms with Crippen molar-refractivity contribution in [1.29, 1.82) is 0 Å². The molecule has 0 atom stereocenters. The van der Waals surface area contributed by atoms with Crippen LogP contribution in [0, 0.1) is 0 Å². The highest BCUT2D eigenvalue weighted by atomic mass is 35.5. The number of hydrogen-bond donors (Lipinski definition) is 0. The molecule has 7 nitrogen and oxygen atoms in total. The van der Waals surface area contributed by atoms with Crippen LogP contribution in [0.5, 0.6) is 0 Å². The molecule has 0 fully saturated rings. The van der Waals surface area contributed by atoms with E-state index in [1.807, 2.05) is 6.07 Å². The maximum absolute atomic E-state index is 13.1. The first-order valence-electron chi connectivity index (χ1n) is 9.31. The summed E-state index contributed by atoms with van der Waals surface area (Å²) in [6.45, 7) is 2.40. The third kappa shape index (κ3) is 4.54. The van der Waals surface area contributed by atoms with Crippen molar-refractivity contribution in [2.24, 2.45) is 0 Å². The molecule has 0 saturated heterocycles. The van der Waals surface area contributed by atoms with E-state index in [4.69, 9.17) is 20.5 Å². The van der Waals surface area contributed by atoms with Crippen LogP contribution in [0.3, 0.4) is 0 Å². The van der Waals surface area contributed by atoms with Crippen LogP contribution < -0.4 is 5.56 Å². The normalized spacial score (nSPS) is 11.4. The molecule has 0 unspecified atom stereocenters. The van der Waals surface area contributed by atoms with Gasteiger partial charge in [-0.1, -0.05) is 41.9 Å². The van der Waals surface area contributed by atoms with Gasteiger partial charge in [-0.15, -0.1) is 0 Å². The quantitative estimate of drug-likeness (QED) is 0.295. The van der Waals surface area contributed by atoms with Gasteiger partial charge in [-0.3, -0.25) is 9.36 Å². The molecule has 150 valence electrons. The maximum atomic E-state index is 13.1. The zero-order chi connectivity index (χ0) is 20.2. The van der Waals surface area contributed by atoms with Crippen LogP contribution in [0.15, 0.2) is 55.5 Å². The Morgan fingerprint density at radius 3 is 2.93 bits per heavy atom. The molecule has 1 aromatic carbocycles. The Labute approximate surface area is 176 Å². The van der Waals surface area contributed by atoms with Gasteiger partial charge in [-0.05, 0) is 36.8 Å². The molecule has 0 aliphatic heterocycles. The average Bonchev–Trinajstić information content (AvgIpc) is 3.39. The van der Waals surface area contributed by atoms with Gasteiger partial charge in [0, 0.05) is 11.4 Å². The number of aryl methyl sites for hydroxylation is 1. The smallest absolute Gasteiger partial charge is 0.262 e. The van der Waals surface area contributed by atoms with E-state index in [9.17, 15) is 4.79 Å². The lowest BCUT2D eigenvalue weighted by Gasteiger charge is -2.11. The van der Waals surface area contributed by atoms with Gasteiger partial charge >= 0.3 is 0 Å². The van der Waals surface area contributed by atoms with Crippen molar-refractivity contribution in [3.8, 4) is 0 Å². The van der Waals surface area contributed by atoms with Crippen LogP contribution in [0.2, 0.25) is 5.02 Å². The maximum Gasteiger partial charge on any atom is 0.262 e. The van der Waals surface area contributed by atoms with Crippen molar-refractivity contribution in [2.75, 3.05) is 0 Å². The molecule has 0 amide bonds. The van der Waals surface area contributed by atoms with Crippen LogP contribution >= 0.6 is 23.4 Å². The lowest BCUT2D eigenvalue weighted by atomic mass is 10.2. The van der Waals surface area contributed by atoms with E-state index >= 15 is 0 Å². The topological polar surface area (TPSA) is 87.0 Å². The molecule has 0 radical (unpaired) electrons. The number of hydrogen-bond acceptors (Lipinski definition) is 7. The minimum atomic E-state index is -0.153. The van der Waals surface area contributed by atoms with E-state index in [0.717, 1.165) is 19.3 Å². The zero-order valence-corrected chi connectivity index (χ0v) is 17.4. The summed E-state index contributed by atoms with van der Waals surface area (Å²) < 4.78 is 12.3. The number of benzene rings is 1. The summed E-state index contributed by atoms with van der Waals surface area (Å²) in [5, 5.41) is 5.58. The van der Waals surface area contributed by atoms with E-state index < -0.39 is 0 Å². The monoisotopic (exact) mass is 430 g/mol. The molecule has 29 heavy (non-hydrogen) atoms. The van der Waals surface area contributed by atoms with Gasteiger partial charge < -0.3 is 8.94 Å². The zero-order valence-electron chi connectivity index (χ0n) is 15.8. The van der Waals surface area contributed by atoms with Crippen LogP contribution in [-0.4, -0.2) is 19.7 Å². The van der Waals surface area contributed by atoms with Gasteiger partial charge in [0.05, 0.1) is 29.5 Å². The van der Waals surface area contributed by atoms with Gasteiger partial charge in [-0.25, -0.2) is 4.98 Å². The minimum absolute atomic E-state index is 0.153. The number of thioether (sulfide) groups is 1. The molecule has 9 heteroatoms. The van der Waals surface area contributed by atoms with Crippen LogP contribution in [0.25, 0.3) is 10.9 Å². The first kappa shape index (κ1) is 19.7. The highest BCUT2D eigenvalue weighted by Gasteiger charge is 2.15. The number of unbranched alkanes of at least 4 members (excludes halogenated alkanes) is 1. The molecule has 4 rings (SSSR count). The Morgan fingerprint density at radius 1 is 1.24 bits per heavy atom. The van der Waals surface area contributed by atoms with Crippen molar-refractivity contribution < 1.29 is 8.94 Å². The number of halogens is 1. The highest BCUT2D eigenvalue weighted by molar-refractivity contribution is 7.98.